The van der Waals surface area contributed by atoms with E-state index in [0.717, 1.165) is 0 Å². The lowest BCUT2D eigenvalue weighted by molar-refractivity contribution is -0.289. The van der Waals surface area contributed by atoms with Crippen molar-refractivity contribution >= 4 is 46.4 Å². The smallest absolute Gasteiger partial charge is 0.420 e. The SMILES string of the molecule is COc1ccc(C(=O)NNc2cc(C3CC(C4C=C(Cl)C=C(Cl)C4)(C(F)(F)F)ON3)ccc2Cl)cc1. The zero-order valence-corrected chi connectivity index (χ0v) is 21.0. The minimum absolute atomic E-state index is 0.0590. The average molecular weight is 563 g/mol. The van der Waals surface area contributed by atoms with Crippen molar-refractivity contribution < 1.29 is 27.5 Å². The van der Waals surface area contributed by atoms with Gasteiger partial charge < -0.3 is 4.74 Å². The number of hydrazine groups is 1. The number of anilines is 1. The number of halogens is 6. The summed E-state index contributed by atoms with van der Waals surface area (Å²) in [5.41, 5.74) is 6.36. The van der Waals surface area contributed by atoms with Crippen LogP contribution < -0.4 is 21.1 Å². The molecule has 3 atom stereocenters. The number of hydrogen-bond donors (Lipinski definition) is 3. The van der Waals surface area contributed by atoms with E-state index in [4.69, 9.17) is 44.4 Å². The van der Waals surface area contributed by atoms with Crippen LogP contribution in [0, 0.1) is 5.92 Å². The quantitative estimate of drug-likeness (QED) is 0.345. The van der Waals surface area contributed by atoms with E-state index in [-0.39, 0.29) is 21.5 Å². The lowest BCUT2D eigenvalue weighted by atomic mass is 9.78. The highest BCUT2D eigenvalue weighted by atomic mass is 35.5. The van der Waals surface area contributed by atoms with Crippen LogP contribution in [0.25, 0.3) is 0 Å². The Labute approximate surface area is 220 Å². The van der Waals surface area contributed by atoms with Gasteiger partial charge in [-0.2, -0.15) is 18.7 Å². The second-order valence-electron chi connectivity index (χ2n) is 8.36. The number of rotatable bonds is 6. The van der Waals surface area contributed by atoms with Gasteiger partial charge in [0.1, 0.15) is 5.75 Å². The Morgan fingerprint density at radius 1 is 1.17 bits per heavy atom. The summed E-state index contributed by atoms with van der Waals surface area (Å²) in [7, 11) is 1.52. The molecular formula is C24H21Cl3F3N3O3. The highest BCUT2D eigenvalue weighted by Gasteiger charge is 2.64. The zero-order valence-electron chi connectivity index (χ0n) is 18.8. The molecule has 1 saturated heterocycles. The van der Waals surface area contributed by atoms with Gasteiger partial charge in [-0.05, 0) is 54.5 Å². The summed E-state index contributed by atoms with van der Waals surface area (Å²) in [6, 6.07) is 10.3. The van der Waals surface area contributed by atoms with Crippen LogP contribution in [0.3, 0.4) is 0 Å². The van der Waals surface area contributed by atoms with Crippen LogP contribution in [0.5, 0.6) is 5.75 Å². The van der Waals surface area contributed by atoms with Gasteiger partial charge in [-0.3, -0.25) is 20.5 Å². The van der Waals surface area contributed by atoms with E-state index in [2.05, 4.69) is 16.3 Å². The molecular weight excluding hydrogens is 542 g/mol. The lowest BCUT2D eigenvalue weighted by Gasteiger charge is -2.36. The van der Waals surface area contributed by atoms with E-state index < -0.39 is 36.1 Å². The van der Waals surface area contributed by atoms with Gasteiger partial charge in [0.25, 0.3) is 5.91 Å². The highest BCUT2D eigenvalue weighted by Crippen LogP contribution is 2.52. The van der Waals surface area contributed by atoms with E-state index in [1.807, 2.05) is 0 Å². The molecule has 1 aliphatic carbocycles. The number of allylic oxidation sites excluding steroid dienone is 3. The summed E-state index contributed by atoms with van der Waals surface area (Å²) in [6.07, 6.45) is -2.46. The van der Waals surface area contributed by atoms with Crippen molar-refractivity contribution in [2.24, 2.45) is 5.92 Å². The molecule has 0 radical (unpaired) electrons. The Morgan fingerprint density at radius 2 is 1.89 bits per heavy atom. The van der Waals surface area contributed by atoms with E-state index in [1.165, 1.54) is 25.3 Å². The fraction of sp³-hybridized carbons (Fsp3) is 0.292. The van der Waals surface area contributed by atoms with Crippen molar-refractivity contribution in [3.63, 3.8) is 0 Å². The number of amides is 1. The summed E-state index contributed by atoms with van der Waals surface area (Å²) >= 11 is 18.3. The zero-order chi connectivity index (χ0) is 26.1. The first kappa shape index (κ1) is 26.6. The molecule has 2 aliphatic rings. The van der Waals surface area contributed by atoms with Gasteiger partial charge in [0.05, 0.1) is 23.9 Å². The van der Waals surface area contributed by atoms with Gasteiger partial charge in [0, 0.05) is 28.0 Å². The monoisotopic (exact) mass is 561 g/mol. The number of methoxy groups -OCH3 is 1. The number of hydroxylamine groups is 1. The Hall–Kier alpha value is -2.43. The van der Waals surface area contributed by atoms with Gasteiger partial charge in [-0.25, -0.2) is 0 Å². The topological polar surface area (TPSA) is 71.6 Å². The molecule has 36 heavy (non-hydrogen) atoms. The van der Waals surface area contributed by atoms with E-state index >= 15 is 0 Å². The molecule has 6 nitrogen and oxygen atoms in total. The Balaban J connectivity index is 1.51. The first-order chi connectivity index (χ1) is 17.0. The largest absolute Gasteiger partial charge is 0.497 e. The molecule has 192 valence electrons. The first-order valence-electron chi connectivity index (χ1n) is 10.8. The van der Waals surface area contributed by atoms with Crippen molar-refractivity contribution in [2.75, 3.05) is 12.5 Å². The maximum atomic E-state index is 14.3. The fourth-order valence-electron chi connectivity index (χ4n) is 4.17. The standard InChI is InChI=1S/C24H21Cl3F3N3O3/c1-35-18-5-2-13(3-6-18)22(34)32-31-20-8-14(4-7-19(20)27)21-12-23(36-33-21,24(28,29)30)15-9-16(25)11-17(26)10-15/h2-9,11,15,21,31,33H,10,12H2,1H3,(H,32,34). The van der Waals surface area contributed by atoms with Crippen LogP contribution in [-0.4, -0.2) is 24.8 Å². The number of benzene rings is 2. The summed E-state index contributed by atoms with van der Waals surface area (Å²) < 4.78 is 48.0. The Bertz CT molecular complexity index is 1200. The minimum Gasteiger partial charge on any atom is -0.497 e. The van der Waals surface area contributed by atoms with Crippen LogP contribution in [0.4, 0.5) is 18.9 Å². The van der Waals surface area contributed by atoms with Gasteiger partial charge >= 0.3 is 6.18 Å². The summed E-state index contributed by atoms with van der Waals surface area (Å²) in [4.78, 5) is 17.7. The van der Waals surface area contributed by atoms with Crippen molar-refractivity contribution in [1.29, 1.82) is 0 Å². The average Bonchev–Trinajstić information content (AvgIpc) is 3.30. The van der Waals surface area contributed by atoms with Crippen molar-refractivity contribution in [2.45, 2.75) is 30.7 Å². The number of alkyl halides is 3. The van der Waals surface area contributed by atoms with Gasteiger partial charge in [-0.1, -0.05) is 46.9 Å². The van der Waals surface area contributed by atoms with Crippen LogP contribution in [0.1, 0.15) is 34.8 Å². The molecule has 3 unspecified atom stereocenters. The maximum absolute atomic E-state index is 14.3. The van der Waals surface area contributed by atoms with Crippen LogP contribution >= 0.6 is 34.8 Å². The first-order valence-corrected chi connectivity index (χ1v) is 11.9. The van der Waals surface area contributed by atoms with Crippen LogP contribution in [0.15, 0.2) is 64.7 Å². The molecule has 2 aromatic carbocycles. The van der Waals surface area contributed by atoms with Gasteiger partial charge in [0.15, 0.2) is 5.60 Å². The molecule has 3 N–H and O–H groups in total. The predicted molar refractivity (Wildman–Crippen MR) is 132 cm³/mol. The van der Waals surface area contributed by atoms with Gasteiger partial charge in [0.2, 0.25) is 0 Å². The predicted octanol–water partition coefficient (Wildman–Crippen LogP) is 6.64. The summed E-state index contributed by atoms with van der Waals surface area (Å²) in [6.45, 7) is 0. The molecule has 0 spiro atoms. The number of nitrogens with one attached hydrogen (secondary N) is 3. The molecule has 12 heteroatoms. The number of carbonyl (C=O) groups excluding carboxylic acids is 1. The number of hydrogen-bond acceptors (Lipinski definition) is 5. The second-order valence-corrected chi connectivity index (χ2v) is 9.69. The third-order valence-electron chi connectivity index (χ3n) is 6.09. The van der Waals surface area contributed by atoms with Crippen molar-refractivity contribution in [3.05, 3.63) is 80.8 Å². The molecule has 0 saturated carbocycles. The summed E-state index contributed by atoms with van der Waals surface area (Å²) in [5, 5.41) is 0.597. The van der Waals surface area contributed by atoms with E-state index in [1.54, 1.807) is 36.4 Å². The molecule has 2 aromatic rings. The van der Waals surface area contributed by atoms with Crippen LogP contribution in [0.2, 0.25) is 5.02 Å². The summed E-state index contributed by atoms with van der Waals surface area (Å²) in [5.74, 6) is -0.960. The third kappa shape index (κ3) is 5.45. The fourth-order valence-corrected chi connectivity index (χ4v) is 4.96. The second kappa shape index (κ2) is 10.5. The third-order valence-corrected chi connectivity index (χ3v) is 6.92. The molecule has 1 aliphatic heterocycles. The number of ether oxygens (including phenoxy) is 1. The van der Waals surface area contributed by atoms with E-state index in [0.29, 0.717) is 22.6 Å². The molecule has 0 aromatic heterocycles. The normalized spacial score (nSPS) is 24.1. The molecule has 0 bridgehead atoms. The molecule has 1 amide bonds. The lowest BCUT2D eigenvalue weighted by Crippen LogP contribution is -2.51. The van der Waals surface area contributed by atoms with E-state index in [9.17, 15) is 18.0 Å². The molecule has 1 heterocycles. The minimum atomic E-state index is -4.71. The maximum Gasteiger partial charge on any atom is 0.420 e. The number of carbonyl (C=O) groups is 1. The van der Waals surface area contributed by atoms with Gasteiger partial charge in [-0.15, -0.1) is 0 Å². The molecule has 4 rings (SSSR count). The Kier molecular flexibility index (Phi) is 7.78. The van der Waals surface area contributed by atoms with Crippen LogP contribution in [-0.2, 0) is 4.84 Å². The van der Waals surface area contributed by atoms with Crippen molar-refractivity contribution in [3.8, 4) is 5.75 Å². The highest BCUT2D eigenvalue weighted by molar-refractivity contribution is 6.35. The van der Waals surface area contributed by atoms with Crippen molar-refractivity contribution in [1.82, 2.24) is 10.9 Å². The molecule has 1 fully saturated rings. The Morgan fingerprint density at radius 3 is 2.53 bits per heavy atom.